The minimum Gasteiger partial charge on any atom is -0.387 e. The maximum Gasteiger partial charge on any atom is 2.00 e. The molecule has 0 bridgehead atoms. The standard InChI is InChI=1S/C19H37N5O.2ClHO4.Ni/c1-16(18-8-5-9-19(22-18)17(2)25)21-11-7-13-24(12-6-10-20)15-14-23(3)4;2*2-1(3,4)5;/h5,8-9,16-17,21,25H,6-7,10-15,20H2,1-4H3;2*(H,2,3,4,5);/q;;;+2/p-2. The molecule has 1 aromatic heterocycles. The van der Waals surface area contributed by atoms with E-state index in [4.69, 9.17) is 43.0 Å². The van der Waals surface area contributed by atoms with Gasteiger partial charge in [0, 0.05) is 19.1 Å². The van der Waals surface area contributed by atoms with Gasteiger partial charge in [0.1, 0.15) is 0 Å². The fourth-order valence-electron chi connectivity index (χ4n) is 2.66. The van der Waals surface area contributed by atoms with Crippen LogP contribution in [0.3, 0.4) is 0 Å². The Morgan fingerprint density at radius 1 is 0.889 bits per heavy atom. The Bertz CT molecular complexity index is 632. The average Bonchev–Trinajstić information content (AvgIpc) is 2.69. The molecule has 0 aliphatic rings. The van der Waals surface area contributed by atoms with Gasteiger partial charge in [0.25, 0.3) is 0 Å². The summed E-state index contributed by atoms with van der Waals surface area (Å²) in [6, 6.07) is 6.01. The van der Waals surface area contributed by atoms with Crippen molar-refractivity contribution in [2.24, 2.45) is 5.73 Å². The minimum absolute atomic E-state index is 0. The van der Waals surface area contributed by atoms with Gasteiger partial charge in [-0.1, -0.05) is 6.07 Å². The quantitative estimate of drug-likeness (QED) is 0.139. The van der Waals surface area contributed by atoms with E-state index >= 15 is 0 Å². The summed E-state index contributed by atoms with van der Waals surface area (Å²) in [4.78, 5) is 9.24. The van der Waals surface area contributed by atoms with Crippen molar-refractivity contribution < 1.29 is 79.4 Å². The fourth-order valence-corrected chi connectivity index (χ4v) is 2.66. The van der Waals surface area contributed by atoms with Crippen LogP contribution in [-0.4, -0.2) is 73.3 Å². The number of hydrogen-bond donors (Lipinski definition) is 3. The first-order chi connectivity index (χ1) is 15.9. The van der Waals surface area contributed by atoms with Crippen LogP contribution in [0, 0.1) is 20.5 Å². The normalized spacial score (nSPS) is 13.2. The summed E-state index contributed by atoms with van der Waals surface area (Å²) in [7, 11) is -5.67. The molecule has 1 aromatic rings. The van der Waals surface area contributed by atoms with Gasteiger partial charge in [-0.2, -0.15) is 0 Å². The summed E-state index contributed by atoms with van der Waals surface area (Å²) in [5.41, 5.74) is 7.35. The van der Waals surface area contributed by atoms with Gasteiger partial charge in [-0.15, -0.1) is 20.5 Å². The van der Waals surface area contributed by atoms with Gasteiger partial charge in [-0.05, 0) is 79.1 Å². The average molecular weight is 609 g/mol. The number of nitrogens with one attached hydrogen (secondary N) is 1. The summed E-state index contributed by atoms with van der Waals surface area (Å²) >= 11 is 0. The topological polar surface area (TPSA) is 262 Å². The number of aromatic nitrogens is 1. The first-order valence-electron chi connectivity index (χ1n) is 10.6. The second-order valence-electron chi connectivity index (χ2n) is 7.74. The van der Waals surface area contributed by atoms with E-state index in [1.54, 1.807) is 6.92 Å². The molecule has 0 aromatic carbocycles. The first kappa shape index (κ1) is 40.2. The van der Waals surface area contributed by atoms with Gasteiger partial charge in [0.2, 0.25) is 0 Å². The van der Waals surface area contributed by atoms with Crippen LogP contribution < -0.4 is 48.3 Å². The van der Waals surface area contributed by atoms with Crippen molar-refractivity contribution in [1.29, 1.82) is 0 Å². The number of nitrogens with two attached hydrogens (primary N) is 1. The number of likely N-dealkylation sites (N-methyl/N-ethyl adjacent to an activating group) is 1. The molecule has 0 saturated carbocycles. The molecule has 0 radical (unpaired) electrons. The molecule has 2 unspecified atom stereocenters. The monoisotopic (exact) mass is 607 g/mol. The molecular weight excluding hydrogens is 572 g/mol. The summed E-state index contributed by atoms with van der Waals surface area (Å²) in [5, 5.41) is 13.2. The summed E-state index contributed by atoms with van der Waals surface area (Å²) in [6.07, 6.45) is 1.62. The third-order valence-corrected chi connectivity index (χ3v) is 4.31. The summed E-state index contributed by atoms with van der Waals surface area (Å²) in [6.45, 7) is 9.86. The third kappa shape index (κ3) is 31.7. The van der Waals surface area contributed by atoms with Crippen LogP contribution in [0.1, 0.15) is 50.2 Å². The molecule has 0 fully saturated rings. The molecule has 14 nitrogen and oxygen atoms in total. The van der Waals surface area contributed by atoms with Crippen LogP contribution in [0.2, 0.25) is 0 Å². The van der Waals surface area contributed by atoms with Crippen LogP contribution in [0.5, 0.6) is 0 Å². The largest absolute Gasteiger partial charge is 2.00 e. The van der Waals surface area contributed by atoms with Gasteiger partial charge >= 0.3 is 16.5 Å². The Labute approximate surface area is 226 Å². The number of nitrogens with zero attached hydrogens (tertiary/aromatic N) is 3. The second kappa shape index (κ2) is 21.6. The fraction of sp³-hybridized carbons (Fsp3) is 0.737. The number of aliphatic hydroxyl groups excluding tert-OH is 1. The Balaban J connectivity index is -0.000000835. The van der Waals surface area contributed by atoms with E-state index in [0.717, 1.165) is 63.5 Å². The molecule has 36 heavy (non-hydrogen) atoms. The summed E-state index contributed by atoms with van der Waals surface area (Å²) in [5.74, 6) is 0. The van der Waals surface area contributed by atoms with E-state index in [9.17, 15) is 5.11 Å². The molecule has 2 atom stereocenters. The van der Waals surface area contributed by atoms with Crippen molar-refractivity contribution >= 4 is 0 Å². The van der Waals surface area contributed by atoms with Crippen LogP contribution in [0.25, 0.3) is 0 Å². The molecule has 4 N–H and O–H groups in total. The number of rotatable bonds is 13. The van der Waals surface area contributed by atoms with Crippen molar-refractivity contribution in [3.63, 3.8) is 0 Å². The molecule has 17 heteroatoms. The van der Waals surface area contributed by atoms with Gasteiger partial charge in [0.05, 0.1) is 17.5 Å². The van der Waals surface area contributed by atoms with Crippen molar-refractivity contribution in [1.82, 2.24) is 20.1 Å². The van der Waals surface area contributed by atoms with Crippen molar-refractivity contribution in [3.8, 4) is 0 Å². The molecule has 216 valence electrons. The number of aliphatic hydroxyl groups is 1. The molecule has 1 heterocycles. The summed E-state index contributed by atoms with van der Waals surface area (Å²) < 4.78 is 67.9. The van der Waals surface area contributed by atoms with Crippen molar-refractivity contribution in [2.75, 3.05) is 53.4 Å². The van der Waals surface area contributed by atoms with Crippen LogP contribution in [0.4, 0.5) is 0 Å². The van der Waals surface area contributed by atoms with E-state index in [1.807, 2.05) is 18.2 Å². The zero-order valence-electron chi connectivity index (χ0n) is 20.7. The van der Waals surface area contributed by atoms with Crippen LogP contribution >= 0.6 is 0 Å². The molecule has 0 saturated heterocycles. The van der Waals surface area contributed by atoms with Gasteiger partial charge in [0.15, 0.2) is 0 Å². The zero-order valence-corrected chi connectivity index (χ0v) is 23.2. The van der Waals surface area contributed by atoms with Crippen LogP contribution in [-0.2, 0) is 16.5 Å². The second-order valence-corrected chi connectivity index (χ2v) is 9.25. The van der Waals surface area contributed by atoms with Gasteiger partial charge < -0.3 is 26.0 Å². The third-order valence-electron chi connectivity index (χ3n) is 4.31. The number of halogens is 2. The smallest absolute Gasteiger partial charge is 0.387 e. The molecule has 0 aliphatic carbocycles. The van der Waals surface area contributed by atoms with Crippen molar-refractivity contribution in [3.05, 3.63) is 29.6 Å². The van der Waals surface area contributed by atoms with E-state index < -0.39 is 26.6 Å². The Morgan fingerprint density at radius 3 is 1.81 bits per heavy atom. The number of hydrogen-bond acceptors (Lipinski definition) is 14. The predicted molar refractivity (Wildman–Crippen MR) is 105 cm³/mol. The van der Waals surface area contributed by atoms with E-state index in [2.05, 4.69) is 41.1 Å². The van der Waals surface area contributed by atoms with Gasteiger partial charge in [-0.3, -0.25) is 4.98 Å². The van der Waals surface area contributed by atoms with E-state index in [1.165, 1.54) is 0 Å². The Kier molecular flexibility index (Phi) is 24.1. The molecular formula is C19H37Cl2N5NiO9. The number of pyridine rings is 1. The van der Waals surface area contributed by atoms with E-state index in [-0.39, 0.29) is 22.5 Å². The predicted octanol–water partition coefficient (Wildman–Crippen LogP) is -8.13. The molecule has 1 rings (SSSR count). The Hall–Kier alpha value is -0.296. The zero-order chi connectivity index (χ0) is 27.7. The van der Waals surface area contributed by atoms with Crippen LogP contribution in [0.15, 0.2) is 18.2 Å². The molecule has 0 aliphatic heterocycles. The minimum atomic E-state index is -4.94. The first-order valence-corrected chi connectivity index (χ1v) is 13.1. The SMILES string of the molecule is CC(O)c1cccc(C(C)NCCCN(CCCN)CCN(C)C)n1.[Ni+2].[O-][Cl+3]([O-])([O-])[O-].[O-][Cl+3]([O-])([O-])[O-]. The Morgan fingerprint density at radius 2 is 1.36 bits per heavy atom. The van der Waals surface area contributed by atoms with Crippen molar-refractivity contribution in [2.45, 2.75) is 38.8 Å². The molecule has 0 spiro atoms. The molecule has 0 amide bonds. The van der Waals surface area contributed by atoms with E-state index in [0.29, 0.717) is 0 Å². The maximum atomic E-state index is 9.66. The van der Waals surface area contributed by atoms with Gasteiger partial charge in [-0.25, -0.2) is 37.3 Å². The maximum absolute atomic E-state index is 9.66.